The SMILES string of the molecule is CC(=O)N1c2ccc3c(ccn3S(=O)(=O)c3ccc(C)cc3)c2C(Nc2ccc(Cl)cc2)CC1C. The first kappa shape index (κ1) is 23.5. The topological polar surface area (TPSA) is 71.4 Å². The van der Waals surface area contributed by atoms with Crippen molar-refractivity contribution in [2.24, 2.45) is 0 Å². The Bertz CT molecular complexity index is 1530. The third-order valence-corrected chi connectivity index (χ3v) is 8.54. The minimum absolute atomic E-state index is 0.0272. The van der Waals surface area contributed by atoms with Crippen molar-refractivity contribution < 1.29 is 13.2 Å². The number of carbonyl (C=O) groups is 1. The lowest BCUT2D eigenvalue weighted by Crippen LogP contribution is -2.43. The molecule has 1 aliphatic heterocycles. The molecular formula is C27H26ClN3O3S. The maximum absolute atomic E-state index is 13.5. The third-order valence-electron chi connectivity index (χ3n) is 6.58. The van der Waals surface area contributed by atoms with E-state index in [4.69, 9.17) is 11.6 Å². The summed E-state index contributed by atoms with van der Waals surface area (Å²) in [5.41, 5.74) is 4.16. The van der Waals surface area contributed by atoms with E-state index in [1.807, 2.05) is 50.2 Å². The second kappa shape index (κ2) is 8.73. The number of rotatable bonds is 4. The van der Waals surface area contributed by atoms with Gasteiger partial charge in [0.25, 0.3) is 10.0 Å². The Morgan fingerprint density at radius 3 is 2.34 bits per heavy atom. The highest BCUT2D eigenvalue weighted by Crippen LogP contribution is 2.43. The van der Waals surface area contributed by atoms with E-state index < -0.39 is 10.0 Å². The van der Waals surface area contributed by atoms with Gasteiger partial charge in [0.15, 0.2) is 0 Å². The highest BCUT2D eigenvalue weighted by molar-refractivity contribution is 7.90. The Labute approximate surface area is 210 Å². The number of hydrogen-bond donors (Lipinski definition) is 1. The summed E-state index contributed by atoms with van der Waals surface area (Å²) in [6, 6.07) is 19.6. The first-order valence-electron chi connectivity index (χ1n) is 11.4. The number of benzene rings is 3. The van der Waals surface area contributed by atoms with Crippen molar-refractivity contribution in [3.8, 4) is 0 Å². The van der Waals surface area contributed by atoms with Crippen LogP contribution >= 0.6 is 11.6 Å². The van der Waals surface area contributed by atoms with Crippen molar-refractivity contribution in [3.63, 3.8) is 0 Å². The molecule has 1 N–H and O–H groups in total. The number of hydrogen-bond acceptors (Lipinski definition) is 4. The zero-order valence-corrected chi connectivity index (χ0v) is 21.3. The van der Waals surface area contributed by atoms with Crippen LogP contribution in [-0.2, 0) is 14.8 Å². The monoisotopic (exact) mass is 507 g/mol. The molecule has 3 aromatic carbocycles. The van der Waals surface area contributed by atoms with Crippen LogP contribution < -0.4 is 10.2 Å². The average Bonchev–Trinajstić information content (AvgIpc) is 3.25. The summed E-state index contributed by atoms with van der Waals surface area (Å²) in [6.45, 7) is 5.51. The van der Waals surface area contributed by atoms with Crippen LogP contribution in [0.1, 0.15) is 37.4 Å². The second-order valence-electron chi connectivity index (χ2n) is 9.04. The van der Waals surface area contributed by atoms with E-state index in [-0.39, 0.29) is 22.9 Å². The maximum atomic E-state index is 13.5. The number of amides is 1. The third kappa shape index (κ3) is 4.09. The van der Waals surface area contributed by atoms with E-state index in [0.717, 1.165) is 27.9 Å². The lowest BCUT2D eigenvalue weighted by Gasteiger charge is -2.40. The fourth-order valence-electron chi connectivity index (χ4n) is 4.97. The predicted molar refractivity (Wildman–Crippen MR) is 141 cm³/mol. The van der Waals surface area contributed by atoms with Crippen molar-refractivity contribution in [2.75, 3.05) is 10.2 Å². The molecule has 180 valence electrons. The number of anilines is 2. The van der Waals surface area contributed by atoms with Crippen LogP contribution in [0, 0.1) is 6.92 Å². The summed E-state index contributed by atoms with van der Waals surface area (Å²) in [5, 5.41) is 5.02. The second-order valence-corrected chi connectivity index (χ2v) is 11.3. The minimum atomic E-state index is -3.79. The Hall–Kier alpha value is -3.29. The van der Waals surface area contributed by atoms with Gasteiger partial charge in [-0.2, -0.15) is 0 Å². The van der Waals surface area contributed by atoms with Crippen molar-refractivity contribution in [1.29, 1.82) is 0 Å². The van der Waals surface area contributed by atoms with Crippen LogP contribution in [-0.4, -0.2) is 24.3 Å². The highest BCUT2D eigenvalue weighted by Gasteiger charge is 2.35. The van der Waals surface area contributed by atoms with Crippen LogP contribution in [0.3, 0.4) is 0 Å². The van der Waals surface area contributed by atoms with Gasteiger partial charge < -0.3 is 10.2 Å². The Kier molecular flexibility index (Phi) is 5.85. The molecular weight excluding hydrogens is 482 g/mol. The van der Waals surface area contributed by atoms with Gasteiger partial charge in [-0.1, -0.05) is 29.3 Å². The molecule has 0 saturated heterocycles. The zero-order chi connectivity index (χ0) is 24.9. The Morgan fingerprint density at radius 2 is 1.69 bits per heavy atom. The van der Waals surface area contributed by atoms with Crippen LogP contribution in [0.4, 0.5) is 11.4 Å². The molecule has 8 heteroatoms. The van der Waals surface area contributed by atoms with Gasteiger partial charge in [-0.15, -0.1) is 0 Å². The van der Waals surface area contributed by atoms with Gasteiger partial charge in [0.1, 0.15) is 0 Å². The van der Waals surface area contributed by atoms with E-state index in [2.05, 4.69) is 5.32 Å². The van der Waals surface area contributed by atoms with E-state index in [9.17, 15) is 13.2 Å². The number of aryl methyl sites for hydroxylation is 1. The molecule has 0 fully saturated rings. The lowest BCUT2D eigenvalue weighted by molar-refractivity contribution is -0.117. The van der Waals surface area contributed by atoms with Crippen molar-refractivity contribution in [1.82, 2.24) is 3.97 Å². The number of carbonyl (C=O) groups excluding carboxylic acids is 1. The van der Waals surface area contributed by atoms with Gasteiger partial charge in [-0.3, -0.25) is 4.79 Å². The molecule has 4 aromatic rings. The van der Waals surface area contributed by atoms with E-state index in [1.54, 1.807) is 48.4 Å². The average molecular weight is 508 g/mol. The molecule has 1 aromatic heterocycles. The van der Waals surface area contributed by atoms with Crippen LogP contribution in [0.15, 0.2) is 77.8 Å². The summed E-state index contributed by atoms with van der Waals surface area (Å²) < 4.78 is 28.3. The summed E-state index contributed by atoms with van der Waals surface area (Å²) in [6.07, 6.45) is 2.26. The Morgan fingerprint density at radius 1 is 1.00 bits per heavy atom. The standard InChI is InChI=1S/C27H26ClN3O3S/c1-17-4-10-22(11-5-17)35(33,34)30-15-14-23-25(30)12-13-26-27(23)24(16-18(2)31(26)19(3)32)29-21-8-6-20(28)7-9-21/h4-15,18,24,29H,16H2,1-3H3. The van der Waals surface area contributed by atoms with Crippen molar-refractivity contribution in [2.45, 2.75) is 44.2 Å². The van der Waals surface area contributed by atoms with E-state index in [0.29, 0.717) is 17.0 Å². The molecule has 1 amide bonds. The molecule has 5 rings (SSSR count). The fourth-order valence-corrected chi connectivity index (χ4v) is 6.45. The molecule has 0 radical (unpaired) electrons. The molecule has 1 aliphatic rings. The summed E-state index contributed by atoms with van der Waals surface area (Å²) in [4.78, 5) is 14.6. The number of nitrogens with one attached hydrogen (secondary N) is 1. The van der Waals surface area contributed by atoms with Gasteiger partial charge in [0.05, 0.1) is 16.5 Å². The summed E-state index contributed by atoms with van der Waals surface area (Å²) in [7, 11) is -3.79. The molecule has 0 spiro atoms. The normalized spacial score (nSPS) is 17.9. The summed E-state index contributed by atoms with van der Waals surface area (Å²) in [5.74, 6) is -0.0465. The Balaban J connectivity index is 1.68. The molecule has 0 saturated carbocycles. The predicted octanol–water partition coefficient (Wildman–Crippen LogP) is 6.14. The first-order valence-corrected chi connectivity index (χ1v) is 13.3. The molecule has 0 bridgehead atoms. The summed E-state index contributed by atoms with van der Waals surface area (Å²) >= 11 is 6.06. The largest absolute Gasteiger partial charge is 0.378 e. The number of nitrogens with zero attached hydrogens (tertiary/aromatic N) is 2. The molecule has 2 heterocycles. The number of fused-ring (bicyclic) bond motifs is 3. The van der Waals surface area contributed by atoms with Gasteiger partial charge >= 0.3 is 0 Å². The number of aromatic nitrogens is 1. The van der Waals surface area contributed by atoms with E-state index in [1.165, 1.54) is 3.97 Å². The molecule has 6 nitrogen and oxygen atoms in total. The maximum Gasteiger partial charge on any atom is 0.268 e. The first-order chi connectivity index (χ1) is 16.7. The molecule has 0 aliphatic carbocycles. The van der Waals surface area contributed by atoms with Crippen LogP contribution in [0.2, 0.25) is 5.02 Å². The highest BCUT2D eigenvalue weighted by atomic mass is 35.5. The molecule has 2 atom stereocenters. The molecule has 2 unspecified atom stereocenters. The minimum Gasteiger partial charge on any atom is -0.378 e. The smallest absolute Gasteiger partial charge is 0.268 e. The van der Waals surface area contributed by atoms with Crippen molar-refractivity contribution >= 4 is 49.8 Å². The quantitative estimate of drug-likeness (QED) is 0.360. The lowest BCUT2D eigenvalue weighted by atomic mass is 9.89. The van der Waals surface area contributed by atoms with Crippen LogP contribution in [0.5, 0.6) is 0 Å². The van der Waals surface area contributed by atoms with Crippen LogP contribution in [0.25, 0.3) is 10.9 Å². The van der Waals surface area contributed by atoms with E-state index >= 15 is 0 Å². The molecule has 35 heavy (non-hydrogen) atoms. The van der Waals surface area contributed by atoms with Gasteiger partial charge in [0.2, 0.25) is 5.91 Å². The number of halogens is 1. The fraction of sp³-hybridized carbons (Fsp3) is 0.222. The van der Waals surface area contributed by atoms with Gasteiger partial charge in [-0.25, -0.2) is 12.4 Å². The van der Waals surface area contributed by atoms with Crippen molar-refractivity contribution in [3.05, 3.63) is 89.1 Å². The zero-order valence-electron chi connectivity index (χ0n) is 19.7. The van der Waals surface area contributed by atoms with Gasteiger partial charge in [0, 0.05) is 46.5 Å². The van der Waals surface area contributed by atoms with Gasteiger partial charge in [-0.05, 0) is 74.9 Å².